The maximum absolute atomic E-state index is 5.86. The van der Waals surface area contributed by atoms with Crippen LogP contribution in [0.5, 0.6) is 0 Å². The lowest BCUT2D eigenvalue weighted by Crippen LogP contribution is -2.50. The van der Waals surface area contributed by atoms with Gasteiger partial charge in [-0.05, 0) is 25.8 Å². The van der Waals surface area contributed by atoms with E-state index < -0.39 is 0 Å². The van der Waals surface area contributed by atoms with E-state index in [4.69, 9.17) is 4.74 Å². The summed E-state index contributed by atoms with van der Waals surface area (Å²) in [6.45, 7) is 15.9. The Morgan fingerprint density at radius 2 is 2.05 bits per heavy atom. The van der Waals surface area contributed by atoms with Crippen molar-refractivity contribution in [2.75, 3.05) is 45.1 Å². The first kappa shape index (κ1) is 17.6. The predicted molar refractivity (Wildman–Crippen MR) is 93.2 cm³/mol. The van der Waals surface area contributed by atoms with Gasteiger partial charge in [-0.15, -0.1) is 0 Å². The fourth-order valence-corrected chi connectivity index (χ4v) is 4.48. The average molecular weight is 315 g/mol. The van der Waals surface area contributed by atoms with Crippen molar-refractivity contribution in [3.05, 3.63) is 0 Å². The van der Waals surface area contributed by atoms with Gasteiger partial charge in [0.25, 0.3) is 0 Å². The summed E-state index contributed by atoms with van der Waals surface area (Å²) in [4.78, 5) is 2.69. The third-order valence-corrected chi connectivity index (χ3v) is 6.15. The van der Waals surface area contributed by atoms with Gasteiger partial charge < -0.3 is 15.0 Å². The van der Waals surface area contributed by atoms with Crippen molar-refractivity contribution in [3.63, 3.8) is 0 Å². The molecule has 0 spiro atoms. The molecule has 0 aromatic heterocycles. The number of ether oxygens (including phenoxy) is 1. The molecule has 0 amide bonds. The molecule has 2 heterocycles. The van der Waals surface area contributed by atoms with E-state index in [9.17, 15) is 0 Å². The van der Waals surface area contributed by atoms with Gasteiger partial charge in [-0.3, -0.25) is 0 Å². The molecular weight excluding hydrogens is 280 g/mol. The molecule has 2 rings (SSSR count). The van der Waals surface area contributed by atoms with Crippen LogP contribution in [0.1, 0.15) is 47.0 Å². The molecule has 2 saturated heterocycles. The monoisotopic (exact) mass is 314 g/mol. The highest BCUT2D eigenvalue weighted by Crippen LogP contribution is 2.34. The fourth-order valence-electron chi connectivity index (χ4n) is 3.35. The van der Waals surface area contributed by atoms with E-state index in [2.05, 4.69) is 49.7 Å². The van der Waals surface area contributed by atoms with E-state index in [0.717, 1.165) is 19.8 Å². The standard InChI is InChI=1S/C17H34N2OS/c1-15(2)18-12-17(6-5-10-20-14-17)13-19-8-7-16(3,4)21-11-9-19/h15,18H,5-14H2,1-4H3. The topological polar surface area (TPSA) is 24.5 Å². The smallest absolute Gasteiger partial charge is 0.0546 e. The van der Waals surface area contributed by atoms with Crippen LogP contribution in [0.2, 0.25) is 0 Å². The zero-order chi connectivity index (χ0) is 15.3. The van der Waals surface area contributed by atoms with E-state index >= 15 is 0 Å². The van der Waals surface area contributed by atoms with E-state index in [1.54, 1.807) is 0 Å². The Morgan fingerprint density at radius 3 is 2.71 bits per heavy atom. The van der Waals surface area contributed by atoms with E-state index in [-0.39, 0.29) is 0 Å². The lowest BCUT2D eigenvalue weighted by molar-refractivity contribution is -0.0263. The minimum Gasteiger partial charge on any atom is -0.381 e. The van der Waals surface area contributed by atoms with Crippen LogP contribution in [-0.4, -0.2) is 60.8 Å². The van der Waals surface area contributed by atoms with Gasteiger partial charge in [-0.2, -0.15) is 11.8 Å². The molecular formula is C17H34N2OS. The molecule has 3 nitrogen and oxygen atoms in total. The quantitative estimate of drug-likeness (QED) is 0.843. The van der Waals surface area contributed by atoms with Gasteiger partial charge in [0.2, 0.25) is 0 Å². The van der Waals surface area contributed by atoms with E-state index in [1.165, 1.54) is 44.6 Å². The Kier molecular flexibility index (Phi) is 6.42. The molecule has 0 aliphatic carbocycles. The summed E-state index contributed by atoms with van der Waals surface area (Å²) in [5.74, 6) is 1.27. The Balaban J connectivity index is 1.94. The maximum atomic E-state index is 5.86. The summed E-state index contributed by atoms with van der Waals surface area (Å²) in [6, 6.07) is 0.558. The predicted octanol–water partition coefficient (Wildman–Crippen LogP) is 3.00. The summed E-state index contributed by atoms with van der Waals surface area (Å²) in [6.07, 6.45) is 3.82. The Bertz CT molecular complexity index is 314. The fraction of sp³-hybridized carbons (Fsp3) is 1.00. The van der Waals surface area contributed by atoms with Gasteiger partial charge in [0.15, 0.2) is 0 Å². The first-order valence-electron chi connectivity index (χ1n) is 8.58. The molecule has 0 aromatic rings. The van der Waals surface area contributed by atoms with Crippen molar-refractivity contribution in [3.8, 4) is 0 Å². The van der Waals surface area contributed by atoms with Crippen molar-refractivity contribution < 1.29 is 4.74 Å². The molecule has 21 heavy (non-hydrogen) atoms. The van der Waals surface area contributed by atoms with Crippen molar-refractivity contribution in [2.45, 2.75) is 57.7 Å². The lowest BCUT2D eigenvalue weighted by atomic mass is 9.81. The number of nitrogens with one attached hydrogen (secondary N) is 1. The summed E-state index contributed by atoms with van der Waals surface area (Å²) >= 11 is 2.14. The highest BCUT2D eigenvalue weighted by Gasteiger charge is 2.36. The minimum absolute atomic E-state index is 0.321. The molecule has 2 aliphatic rings. The van der Waals surface area contributed by atoms with Gasteiger partial charge >= 0.3 is 0 Å². The zero-order valence-corrected chi connectivity index (χ0v) is 15.2. The van der Waals surface area contributed by atoms with Crippen LogP contribution < -0.4 is 5.32 Å². The molecule has 1 N–H and O–H groups in total. The van der Waals surface area contributed by atoms with E-state index in [1.807, 2.05) is 0 Å². The van der Waals surface area contributed by atoms with Crippen LogP contribution in [0.25, 0.3) is 0 Å². The largest absolute Gasteiger partial charge is 0.381 e. The molecule has 0 saturated carbocycles. The Hall–Kier alpha value is 0.230. The maximum Gasteiger partial charge on any atom is 0.0546 e. The molecule has 1 unspecified atom stereocenters. The number of hydrogen-bond donors (Lipinski definition) is 1. The number of thioether (sulfide) groups is 1. The third kappa shape index (κ3) is 5.74. The molecule has 1 atom stereocenters. The average Bonchev–Trinajstić information content (AvgIpc) is 2.59. The number of rotatable bonds is 5. The summed E-state index contributed by atoms with van der Waals surface area (Å²) in [7, 11) is 0. The SMILES string of the molecule is CC(C)NCC1(CN2CCSC(C)(C)CC2)CCCOC1. The highest BCUT2D eigenvalue weighted by atomic mass is 32.2. The van der Waals surface area contributed by atoms with Crippen LogP contribution in [-0.2, 0) is 4.74 Å². The van der Waals surface area contributed by atoms with Crippen molar-refractivity contribution in [1.29, 1.82) is 0 Å². The first-order valence-corrected chi connectivity index (χ1v) is 9.57. The lowest BCUT2D eigenvalue weighted by Gasteiger charge is -2.41. The second-order valence-corrected chi connectivity index (χ2v) is 9.63. The Morgan fingerprint density at radius 1 is 1.24 bits per heavy atom. The van der Waals surface area contributed by atoms with Crippen LogP contribution in [0.3, 0.4) is 0 Å². The van der Waals surface area contributed by atoms with Crippen molar-refractivity contribution >= 4 is 11.8 Å². The van der Waals surface area contributed by atoms with Crippen LogP contribution >= 0.6 is 11.8 Å². The minimum atomic E-state index is 0.321. The Labute approximate surface area is 135 Å². The molecule has 124 valence electrons. The van der Waals surface area contributed by atoms with E-state index in [0.29, 0.717) is 16.2 Å². The van der Waals surface area contributed by atoms with Gasteiger partial charge in [0.05, 0.1) is 6.61 Å². The summed E-state index contributed by atoms with van der Waals surface area (Å²) in [5.41, 5.74) is 0.321. The van der Waals surface area contributed by atoms with Gasteiger partial charge in [-0.25, -0.2) is 0 Å². The van der Waals surface area contributed by atoms with Gasteiger partial charge in [0.1, 0.15) is 0 Å². The van der Waals surface area contributed by atoms with Crippen LogP contribution in [0.15, 0.2) is 0 Å². The normalized spacial score (nSPS) is 31.3. The van der Waals surface area contributed by atoms with Crippen LogP contribution in [0, 0.1) is 5.41 Å². The van der Waals surface area contributed by atoms with Crippen LogP contribution in [0.4, 0.5) is 0 Å². The number of hydrogen-bond acceptors (Lipinski definition) is 4. The molecule has 2 aliphatic heterocycles. The molecule has 0 bridgehead atoms. The second kappa shape index (κ2) is 7.67. The molecule has 4 heteroatoms. The summed E-state index contributed by atoms with van der Waals surface area (Å²) < 4.78 is 6.31. The number of nitrogens with zero attached hydrogens (tertiary/aromatic N) is 1. The van der Waals surface area contributed by atoms with Crippen molar-refractivity contribution in [2.24, 2.45) is 5.41 Å². The zero-order valence-electron chi connectivity index (χ0n) is 14.4. The molecule has 0 aromatic carbocycles. The molecule has 2 fully saturated rings. The second-order valence-electron chi connectivity index (χ2n) is 7.83. The van der Waals surface area contributed by atoms with Gasteiger partial charge in [0, 0.05) is 48.2 Å². The van der Waals surface area contributed by atoms with Crippen molar-refractivity contribution in [1.82, 2.24) is 10.2 Å². The molecule has 0 radical (unpaired) electrons. The third-order valence-electron chi connectivity index (χ3n) is 4.78. The highest BCUT2D eigenvalue weighted by molar-refractivity contribution is 8.00. The summed E-state index contributed by atoms with van der Waals surface area (Å²) in [5, 5.41) is 3.67. The first-order chi connectivity index (χ1) is 9.91. The van der Waals surface area contributed by atoms with Gasteiger partial charge in [-0.1, -0.05) is 27.7 Å².